The van der Waals surface area contributed by atoms with Gasteiger partial charge in [0.2, 0.25) is 0 Å². The van der Waals surface area contributed by atoms with Crippen LogP contribution in [0.5, 0.6) is 5.75 Å². The van der Waals surface area contributed by atoms with E-state index in [9.17, 15) is 0 Å². The molecule has 2 rings (SSSR count). The van der Waals surface area contributed by atoms with Gasteiger partial charge >= 0.3 is 0 Å². The highest BCUT2D eigenvalue weighted by molar-refractivity contribution is 5.17. The molecule has 16 heavy (non-hydrogen) atoms. The van der Waals surface area contributed by atoms with Crippen LogP contribution in [0, 0.1) is 5.92 Å². The quantitative estimate of drug-likeness (QED) is 0.806. The molecule has 0 amide bonds. The number of pyridine rings is 1. The van der Waals surface area contributed by atoms with Gasteiger partial charge in [-0.25, -0.2) is 0 Å². The third-order valence-corrected chi connectivity index (χ3v) is 3.06. The van der Waals surface area contributed by atoms with Gasteiger partial charge in [-0.2, -0.15) is 0 Å². The van der Waals surface area contributed by atoms with Crippen molar-refractivity contribution in [2.45, 2.75) is 26.0 Å². The largest absolute Gasteiger partial charge is 0.506 e. The molecule has 0 radical (unpaired) electrons. The number of nitrogens with zero attached hydrogens (tertiary/aromatic N) is 1. The van der Waals surface area contributed by atoms with Crippen molar-refractivity contribution in [2.75, 3.05) is 13.2 Å². The molecule has 1 aliphatic heterocycles. The van der Waals surface area contributed by atoms with E-state index in [0.29, 0.717) is 12.0 Å². The Morgan fingerprint density at radius 3 is 3.06 bits per heavy atom. The Kier molecular flexibility index (Phi) is 3.74. The molecular formula is C12H18N2O2. The van der Waals surface area contributed by atoms with Crippen LogP contribution in [0.3, 0.4) is 0 Å². The molecule has 1 aromatic heterocycles. The van der Waals surface area contributed by atoms with Gasteiger partial charge in [0, 0.05) is 19.7 Å². The van der Waals surface area contributed by atoms with Crippen molar-refractivity contribution in [2.24, 2.45) is 5.92 Å². The second-order valence-corrected chi connectivity index (χ2v) is 4.26. The summed E-state index contributed by atoms with van der Waals surface area (Å²) in [4.78, 5) is 4.12. The van der Waals surface area contributed by atoms with Gasteiger partial charge in [0.1, 0.15) is 5.75 Å². The Labute approximate surface area is 95.7 Å². The molecule has 88 valence electrons. The Morgan fingerprint density at radius 2 is 2.44 bits per heavy atom. The Balaban J connectivity index is 1.73. The number of aromatic nitrogens is 1. The fourth-order valence-electron chi connectivity index (χ4n) is 1.95. The summed E-state index contributed by atoms with van der Waals surface area (Å²) < 4.78 is 5.50. The summed E-state index contributed by atoms with van der Waals surface area (Å²) in [6.07, 6.45) is 2.97. The highest BCUT2D eigenvalue weighted by Gasteiger charge is 2.23. The average Bonchev–Trinajstić information content (AvgIpc) is 2.68. The van der Waals surface area contributed by atoms with Crippen molar-refractivity contribution in [3.8, 4) is 5.75 Å². The highest BCUT2D eigenvalue weighted by Crippen LogP contribution is 2.19. The third-order valence-electron chi connectivity index (χ3n) is 3.06. The minimum atomic E-state index is 0.210. The van der Waals surface area contributed by atoms with Crippen LogP contribution in [-0.4, -0.2) is 29.3 Å². The molecule has 2 heterocycles. The number of hydrogen-bond donors (Lipinski definition) is 2. The van der Waals surface area contributed by atoms with Crippen LogP contribution in [0.25, 0.3) is 0 Å². The van der Waals surface area contributed by atoms with Gasteiger partial charge in [-0.3, -0.25) is 4.98 Å². The van der Waals surface area contributed by atoms with Crippen molar-refractivity contribution in [3.05, 3.63) is 24.0 Å². The molecule has 4 nitrogen and oxygen atoms in total. The standard InChI is InChI=1S/C12H18N2O2/c1-9-10(4-5-16-9)6-13-7-11-2-3-12(15)8-14-11/h2-3,8-10,13,15H,4-7H2,1H3. The zero-order valence-corrected chi connectivity index (χ0v) is 9.52. The molecule has 1 aliphatic rings. The van der Waals surface area contributed by atoms with Crippen LogP contribution in [0.1, 0.15) is 19.0 Å². The smallest absolute Gasteiger partial charge is 0.133 e. The predicted octanol–water partition coefficient (Wildman–Crippen LogP) is 1.30. The van der Waals surface area contributed by atoms with Gasteiger partial charge in [-0.15, -0.1) is 0 Å². The van der Waals surface area contributed by atoms with Crippen molar-refractivity contribution in [1.29, 1.82) is 0 Å². The highest BCUT2D eigenvalue weighted by atomic mass is 16.5. The lowest BCUT2D eigenvalue weighted by Crippen LogP contribution is -2.26. The zero-order valence-electron chi connectivity index (χ0n) is 9.52. The number of rotatable bonds is 4. The second kappa shape index (κ2) is 5.27. The fraction of sp³-hybridized carbons (Fsp3) is 0.583. The molecule has 0 spiro atoms. The molecule has 2 N–H and O–H groups in total. The third kappa shape index (κ3) is 2.93. The average molecular weight is 222 g/mol. The first kappa shape index (κ1) is 11.4. The molecule has 0 aliphatic carbocycles. The predicted molar refractivity (Wildman–Crippen MR) is 61.1 cm³/mol. The molecule has 2 atom stereocenters. The second-order valence-electron chi connectivity index (χ2n) is 4.26. The number of ether oxygens (including phenoxy) is 1. The summed E-state index contributed by atoms with van der Waals surface area (Å²) in [6, 6.07) is 3.49. The van der Waals surface area contributed by atoms with Crippen molar-refractivity contribution < 1.29 is 9.84 Å². The van der Waals surface area contributed by atoms with E-state index in [1.807, 2.05) is 6.07 Å². The maximum Gasteiger partial charge on any atom is 0.133 e. The Morgan fingerprint density at radius 1 is 1.56 bits per heavy atom. The summed E-state index contributed by atoms with van der Waals surface area (Å²) in [5.41, 5.74) is 0.948. The topological polar surface area (TPSA) is 54.4 Å². The van der Waals surface area contributed by atoms with Crippen LogP contribution < -0.4 is 5.32 Å². The molecule has 0 bridgehead atoms. The van der Waals surface area contributed by atoms with Gasteiger partial charge in [0.05, 0.1) is 18.0 Å². The van der Waals surface area contributed by atoms with Crippen LogP contribution >= 0.6 is 0 Å². The van der Waals surface area contributed by atoms with Gasteiger partial charge in [0.25, 0.3) is 0 Å². The Bertz CT molecular complexity index is 326. The summed E-state index contributed by atoms with van der Waals surface area (Å²) in [5, 5.41) is 12.5. The van der Waals surface area contributed by atoms with E-state index < -0.39 is 0 Å². The summed E-state index contributed by atoms with van der Waals surface area (Å²) >= 11 is 0. The minimum absolute atomic E-state index is 0.210. The lowest BCUT2D eigenvalue weighted by Gasteiger charge is -2.14. The molecule has 1 aromatic rings. The van der Waals surface area contributed by atoms with Crippen LogP contribution in [0.4, 0.5) is 0 Å². The molecular weight excluding hydrogens is 204 g/mol. The number of nitrogens with one attached hydrogen (secondary N) is 1. The van der Waals surface area contributed by atoms with Gasteiger partial charge in [-0.05, 0) is 31.4 Å². The van der Waals surface area contributed by atoms with E-state index in [-0.39, 0.29) is 5.75 Å². The van der Waals surface area contributed by atoms with E-state index >= 15 is 0 Å². The SMILES string of the molecule is CC1OCCC1CNCc1ccc(O)cn1. The number of hydrogen-bond acceptors (Lipinski definition) is 4. The maximum atomic E-state index is 9.09. The summed E-state index contributed by atoms with van der Waals surface area (Å²) in [5.74, 6) is 0.818. The van der Waals surface area contributed by atoms with E-state index in [1.54, 1.807) is 6.07 Å². The number of aromatic hydroxyl groups is 1. The van der Waals surface area contributed by atoms with Crippen LogP contribution in [-0.2, 0) is 11.3 Å². The molecule has 4 heteroatoms. The monoisotopic (exact) mass is 222 g/mol. The maximum absolute atomic E-state index is 9.09. The molecule has 0 aromatic carbocycles. The Hall–Kier alpha value is -1.13. The zero-order chi connectivity index (χ0) is 11.4. The van der Waals surface area contributed by atoms with E-state index in [2.05, 4.69) is 17.2 Å². The van der Waals surface area contributed by atoms with Gasteiger partial charge < -0.3 is 15.2 Å². The van der Waals surface area contributed by atoms with E-state index in [4.69, 9.17) is 9.84 Å². The van der Waals surface area contributed by atoms with E-state index in [1.165, 1.54) is 6.20 Å². The molecule has 1 saturated heterocycles. The van der Waals surface area contributed by atoms with E-state index in [0.717, 1.165) is 31.8 Å². The van der Waals surface area contributed by atoms with Gasteiger partial charge in [0.15, 0.2) is 0 Å². The van der Waals surface area contributed by atoms with Crippen LogP contribution in [0.2, 0.25) is 0 Å². The van der Waals surface area contributed by atoms with Crippen LogP contribution in [0.15, 0.2) is 18.3 Å². The molecule has 1 fully saturated rings. The minimum Gasteiger partial charge on any atom is -0.506 e. The lowest BCUT2D eigenvalue weighted by molar-refractivity contribution is 0.105. The van der Waals surface area contributed by atoms with Crippen molar-refractivity contribution in [3.63, 3.8) is 0 Å². The summed E-state index contributed by atoms with van der Waals surface area (Å²) in [7, 11) is 0. The van der Waals surface area contributed by atoms with Crippen molar-refractivity contribution in [1.82, 2.24) is 10.3 Å². The van der Waals surface area contributed by atoms with Gasteiger partial charge in [-0.1, -0.05) is 0 Å². The first-order valence-corrected chi connectivity index (χ1v) is 5.72. The normalized spacial score (nSPS) is 24.8. The molecule has 0 saturated carbocycles. The lowest BCUT2D eigenvalue weighted by atomic mass is 10.0. The fourth-order valence-corrected chi connectivity index (χ4v) is 1.95. The first-order chi connectivity index (χ1) is 7.75. The van der Waals surface area contributed by atoms with Crippen molar-refractivity contribution >= 4 is 0 Å². The summed E-state index contributed by atoms with van der Waals surface area (Å²) in [6.45, 7) is 4.70. The first-order valence-electron chi connectivity index (χ1n) is 5.72. The molecule has 2 unspecified atom stereocenters.